The van der Waals surface area contributed by atoms with E-state index >= 15 is 0 Å². The van der Waals surface area contributed by atoms with Crippen molar-refractivity contribution >= 4 is 0 Å². The number of hydrogen-bond donors (Lipinski definition) is 3. The van der Waals surface area contributed by atoms with Gasteiger partial charge >= 0.3 is 0 Å². The molecular weight excluding hydrogens is 170 g/mol. The summed E-state index contributed by atoms with van der Waals surface area (Å²) in [5.74, 6) is 0.496. The highest BCUT2D eigenvalue weighted by Gasteiger charge is 2.07. The van der Waals surface area contributed by atoms with Gasteiger partial charge in [-0.15, -0.1) is 0 Å². The first kappa shape index (κ1) is 9.83. The molecule has 1 atom stereocenters. The van der Waals surface area contributed by atoms with Crippen molar-refractivity contribution in [3.63, 3.8) is 0 Å². The largest absolute Gasteiger partial charge is 0.504 e. The molecule has 0 aromatic heterocycles. The summed E-state index contributed by atoms with van der Waals surface area (Å²) in [6.45, 7) is 1.78. The quantitative estimate of drug-likeness (QED) is 0.620. The standard InChI is InChI=1S/C9H13NO3/c1-6(10-12)7-3-4-9(13-2)8(11)5-7/h3-6,10-12H,1-2H3. The van der Waals surface area contributed by atoms with E-state index in [1.807, 2.05) is 0 Å². The third kappa shape index (κ3) is 2.11. The summed E-state index contributed by atoms with van der Waals surface area (Å²) in [4.78, 5) is 0. The van der Waals surface area contributed by atoms with Crippen LogP contribution in [0.2, 0.25) is 0 Å². The Kier molecular flexibility index (Phi) is 3.11. The highest BCUT2D eigenvalue weighted by molar-refractivity contribution is 5.42. The second kappa shape index (κ2) is 4.11. The van der Waals surface area contributed by atoms with Crippen LogP contribution in [0.1, 0.15) is 18.5 Å². The molecule has 4 nitrogen and oxygen atoms in total. The molecule has 72 valence electrons. The van der Waals surface area contributed by atoms with E-state index in [4.69, 9.17) is 9.94 Å². The fraction of sp³-hybridized carbons (Fsp3) is 0.333. The van der Waals surface area contributed by atoms with Crippen molar-refractivity contribution in [1.29, 1.82) is 0 Å². The first-order valence-electron chi connectivity index (χ1n) is 3.95. The van der Waals surface area contributed by atoms with Gasteiger partial charge in [0.05, 0.1) is 13.2 Å². The zero-order chi connectivity index (χ0) is 9.84. The Morgan fingerprint density at radius 3 is 2.62 bits per heavy atom. The number of methoxy groups -OCH3 is 1. The lowest BCUT2D eigenvalue weighted by Gasteiger charge is -2.11. The summed E-state index contributed by atoms with van der Waals surface area (Å²) < 4.78 is 4.88. The van der Waals surface area contributed by atoms with E-state index in [0.29, 0.717) is 5.75 Å². The molecule has 0 aliphatic heterocycles. The minimum Gasteiger partial charge on any atom is -0.504 e. The summed E-state index contributed by atoms with van der Waals surface area (Å²) in [6.07, 6.45) is 0. The second-order valence-electron chi connectivity index (χ2n) is 2.78. The van der Waals surface area contributed by atoms with Gasteiger partial charge < -0.3 is 15.1 Å². The van der Waals surface area contributed by atoms with Crippen molar-refractivity contribution < 1.29 is 15.1 Å². The molecule has 3 N–H and O–H groups in total. The smallest absolute Gasteiger partial charge is 0.160 e. The lowest BCUT2D eigenvalue weighted by atomic mass is 10.1. The van der Waals surface area contributed by atoms with Crippen molar-refractivity contribution in [2.75, 3.05) is 7.11 Å². The Hall–Kier alpha value is -1.26. The minimum atomic E-state index is -0.211. The fourth-order valence-corrected chi connectivity index (χ4v) is 1.05. The fourth-order valence-electron chi connectivity index (χ4n) is 1.05. The lowest BCUT2D eigenvalue weighted by molar-refractivity contribution is 0.133. The van der Waals surface area contributed by atoms with Gasteiger partial charge in [-0.2, -0.15) is 5.48 Å². The van der Waals surface area contributed by atoms with E-state index in [2.05, 4.69) is 5.48 Å². The van der Waals surface area contributed by atoms with Gasteiger partial charge in [0.2, 0.25) is 0 Å². The monoisotopic (exact) mass is 183 g/mol. The number of phenols is 1. The molecule has 1 aromatic rings. The number of hydroxylamine groups is 1. The van der Waals surface area contributed by atoms with Crippen LogP contribution in [0.3, 0.4) is 0 Å². The van der Waals surface area contributed by atoms with Gasteiger partial charge in [-0.05, 0) is 24.6 Å². The SMILES string of the molecule is COc1ccc(C(C)NO)cc1O. The van der Waals surface area contributed by atoms with Crippen molar-refractivity contribution in [3.8, 4) is 11.5 Å². The van der Waals surface area contributed by atoms with Crippen LogP contribution in [-0.4, -0.2) is 17.4 Å². The van der Waals surface area contributed by atoms with E-state index in [1.54, 1.807) is 25.1 Å². The van der Waals surface area contributed by atoms with Gasteiger partial charge in [0.25, 0.3) is 0 Å². The van der Waals surface area contributed by atoms with Crippen molar-refractivity contribution in [1.82, 2.24) is 5.48 Å². The molecular formula is C9H13NO3. The van der Waals surface area contributed by atoms with Crippen molar-refractivity contribution in [2.24, 2.45) is 0 Å². The first-order valence-corrected chi connectivity index (χ1v) is 3.95. The molecule has 1 unspecified atom stereocenters. The topological polar surface area (TPSA) is 61.7 Å². The number of hydrogen-bond acceptors (Lipinski definition) is 4. The van der Waals surface area contributed by atoms with Crippen LogP contribution in [0.15, 0.2) is 18.2 Å². The Morgan fingerprint density at radius 1 is 1.46 bits per heavy atom. The lowest BCUT2D eigenvalue weighted by Crippen LogP contribution is -2.12. The predicted molar refractivity (Wildman–Crippen MR) is 48.0 cm³/mol. The summed E-state index contributed by atoms with van der Waals surface area (Å²) in [5.41, 5.74) is 2.89. The molecule has 0 spiro atoms. The Bertz CT molecular complexity index is 288. The number of rotatable bonds is 3. The highest BCUT2D eigenvalue weighted by atomic mass is 16.5. The number of benzene rings is 1. The van der Waals surface area contributed by atoms with E-state index in [9.17, 15) is 5.11 Å². The maximum Gasteiger partial charge on any atom is 0.160 e. The minimum absolute atomic E-state index is 0.0714. The zero-order valence-corrected chi connectivity index (χ0v) is 7.61. The number of phenolic OH excluding ortho intramolecular Hbond substituents is 1. The molecule has 0 aliphatic rings. The number of aromatic hydroxyl groups is 1. The van der Waals surface area contributed by atoms with E-state index in [1.165, 1.54) is 7.11 Å². The third-order valence-electron chi connectivity index (χ3n) is 1.90. The van der Waals surface area contributed by atoms with Crippen molar-refractivity contribution in [2.45, 2.75) is 13.0 Å². The molecule has 0 radical (unpaired) electrons. The van der Waals surface area contributed by atoms with Gasteiger partial charge in [-0.25, -0.2) is 0 Å². The summed E-state index contributed by atoms with van der Waals surface area (Å²) in [7, 11) is 1.49. The summed E-state index contributed by atoms with van der Waals surface area (Å²) in [5, 5.41) is 18.0. The number of nitrogens with one attached hydrogen (secondary N) is 1. The second-order valence-corrected chi connectivity index (χ2v) is 2.78. The van der Waals surface area contributed by atoms with E-state index in [-0.39, 0.29) is 11.8 Å². The molecule has 1 rings (SSSR count). The molecule has 4 heteroatoms. The highest BCUT2D eigenvalue weighted by Crippen LogP contribution is 2.28. The molecule has 0 bridgehead atoms. The van der Waals surface area contributed by atoms with Crippen LogP contribution in [0.5, 0.6) is 11.5 Å². The maximum absolute atomic E-state index is 9.40. The zero-order valence-electron chi connectivity index (χ0n) is 7.61. The number of ether oxygens (including phenoxy) is 1. The first-order chi connectivity index (χ1) is 6.19. The van der Waals surface area contributed by atoms with Gasteiger partial charge in [0.15, 0.2) is 11.5 Å². The maximum atomic E-state index is 9.40. The Morgan fingerprint density at radius 2 is 2.15 bits per heavy atom. The molecule has 0 fully saturated rings. The molecule has 0 saturated carbocycles. The molecule has 13 heavy (non-hydrogen) atoms. The summed E-state index contributed by atoms with van der Waals surface area (Å²) in [6, 6.07) is 4.76. The van der Waals surface area contributed by atoms with Crippen LogP contribution in [0, 0.1) is 0 Å². The van der Waals surface area contributed by atoms with Gasteiger partial charge in [-0.1, -0.05) is 6.07 Å². The normalized spacial score (nSPS) is 12.5. The van der Waals surface area contributed by atoms with Crippen LogP contribution in [-0.2, 0) is 0 Å². The Labute approximate surface area is 76.7 Å². The van der Waals surface area contributed by atoms with Crippen molar-refractivity contribution in [3.05, 3.63) is 23.8 Å². The molecule has 0 aliphatic carbocycles. The van der Waals surface area contributed by atoms with Crippen LogP contribution >= 0.6 is 0 Å². The third-order valence-corrected chi connectivity index (χ3v) is 1.90. The molecule has 0 amide bonds. The van der Waals surface area contributed by atoms with E-state index < -0.39 is 0 Å². The van der Waals surface area contributed by atoms with E-state index in [0.717, 1.165) is 5.56 Å². The van der Waals surface area contributed by atoms with Gasteiger partial charge in [0, 0.05) is 0 Å². The van der Waals surface area contributed by atoms with Crippen LogP contribution in [0.4, 0.5) is 0 Å². The van der Waals surface area contributed by atoms with Crippen LogP contribution in [0.25, 0.3) is 0 Å². The average Bonchev–Trinajstić information content (AvgIpc) is 2.16. The molecule has 0 heterocycles. The van der Waals surface area contributed by atoms with Crippen LogP contribution < -0.4 is 10.2 Å². The Balaban J connectivity index is 2.95. The van der Waals surface area contributed by atoms with Gasteiger partial charge in [0.1, 0.15) is 0 Å². The molecule has 0 saturated heterocycles. The molecule has 1 aromatic carbocycles. The summed E-state index contributed by atoms with van der Waals surface area (Å²) >= 11 is 0. The average molecular weight is 183 g/mol. The predicted octanol–water partition coefficient (Wildman–Crippen LogP) is 1.44. The van der Waals surface area contributed by atoms with Gasteiger partial charge in [-0.3, -0.25) is 0 Å².